The van der Waals surface area contributed by atoms with E-state index in [0.717, 1.165) is 19.4 Å². The fourth-order valence-electron chi connectivity index (χ4n) is 2.54. The minimum absolute atomic E-state index is 0.000619. The number of amides is 1. The molecule has 124 valence electrons. The molecular weight excluding hydrogens is 262 g/mol. The highest BCUT2D eigenvalue weighted by atomic mass is 16.5. The molecule has 21 heavy (non-hydrogen) atoms. The van der Waals surface area contributed by atoms with Crippen molar-refractivity contribution in [3.05, 3.63) is 12.8 Å². The summed E-state index contributed by atoms with van der Waals surface area (Å²) in [7, 11) is 1.69. The van der Waals surface area contributed by atoms with E-state index in [9.17, 15) is 4.79 Å². The van der Waals surface area contributed by atoms with Gasteiger partial charge in [0.1, 0.15) is 0 Å². The van der Waals surface area contributed by atoms with E-state index >= 15 is 0 Å². The lowest BCUT2D eigenvalue weighted by Gasteiger charge is -2.27. The van der Waals surface area contributed by atoms with Crippen molar-refractivity contribution in [2.75, 3.05) is 13.7 Å². The van der Waals surface area contributed by atoms with E-state index in [2.05, 4.69) is 34.3 Å². The molecule has 1 amide bonds. The van der Waals surface area contributed by atoms with E-state index in [4.69, 9.17) is 4.74 Å². The first-order valence-corrected chi connectivity index (χ1v) is 8.48. The number of carbonyl (C=O) groups is 1. The molecule has 0 aliphatic carbocycles. The first-order valence-electron chi connectivity index (χ1n) is 8.48. The monoisotopic (exact) mass is 297 g/mol. The van der Waals surface area contributed by atoms with Crippen molar-refractivity contribution >= 4 is 5.91 Å². The minimum atomic E-state index is 0.000619. The van der Waals surface area contributed by atoms with Crippen molar-refractivity contribution in [1.82, 2.24) is 4.90 Å². The fraction of sp³-hybridized carbons (Fsp3) is 0.833. The molecule has 0 saturated heterocycles. The standard InChI is InChI=1S/C18H35NO2/c1-7-11-12-16(9-3)14-19(10-4)18(20)13-17(21-6)15(5)8-2/h10,15-17H,4,7-9,11-14H2,1-3,5-6H3/t15?,16?,17-/m1/s1. The van der Waals surface area contributed by atoms with Gasteiger partial charge in [0, 0.05) is 13.7 Å². The van der Waals surface area contributed by atoms with Gasteiger partial charge in [0.25, 0.3) is 0 Å². The molecular formula is C18H35NO2. The van der Waals surface area contributed by atoms with E-state index in [1.807, 2.05) is 0 Å². The molecule has 0 radical (unpaired) electrons. The molecule has 0 saturated carbocycles. The summed E-state index contributed by atoms with van der Waals surface area (Å²) in [4.78, 5) is 14.3. The summed E-state index contributed by atoms with van der Waals surface area (Å²) in [5, 5.41) is 0. The van der Waals surface area contributed by atoms with Crippen molar-refractivity contribution in [2.45, 2.75) is 72.3 Å². The Hall–Kier alpha value is -0.830. The summed E-state index contributed by atoms with van der Waals surface area (Å²) < 4.78 is 5.48. The summed E-state index contributed by atoms with van der Waals surface area (Å²) >= 11 is 0. The lowest BCUT2D eigenvalue weighted by molar-refractivity contribution is -0.132. The van der Waals surface area contributed by atoms with Crippen LogP contribution in [0.15, 0.2) is 12.8 Å². The summed E-state index contributed by atoms with van der Waals surface area (Å²) in [6.07, 6.45) is 7.88. The number of rotatable bonds is 12. The molecule has 3 nitrogen and oxygen atoms in total. The third kappa shape index (κ3) is 7.66. The smallest absolute Gasteiger partial charge is 0.229 e. The van der Waals surface area contributed by atoms with Crippen LogP contribution >= 0.6 is 0 Å². The van der Waals surface area contributed by atoms with Gasteiger partial charge in [-0.05, 0) is 24.5 Å². The average molecular weight is 297 g/mol. The van der Waals surface area contributed by atoms with Gasteiger partial charge >= 0.3 is 0 Å². The van der Waals surface area contributed by atoms with Gasteiger partial charge < -0.3 is 9.64 Å². The van der Waals surface area contributed by atoms with Crippen LogP contribution in [-0.2, 0) is 9.53 Å². The third-order valence-corrected chi connectivity index (χ3v) is 4.50. The number of hydrogen-bond acceptors (Lipinski definition) is 2. The second kappa shape index (κ2) is 11.8. The molecule has 0 aliphatic rings. The van der Waals surface area contributed by atoms with Crippen molar-refractivity contribution in [2.24, 2.45) is 11.8 Å². The lowest BCUT2D eigenvalue weighted by atomic mass is 9.97. The number of hydrogen-bond donors (Lipinski definition) is 0. The minimum Gasteiger partial charge on any atom is -0.381 e. The molecule has 2 unspecified atom stereocenters. The molecule has 0 rings (SSSR count). The van der Waals surface area contributed by atoms with Gasteiger partial charge in [-0.25, -0.2) is 0 Å². The van der Waals surface area contributed by atoms with Crippen LogP contribution in [0.3, 0.4) is 0 Å². The van der Waals surface area contributed by atoms with Crippen LogP contribution in [0, 0.1) is 11.8 Å². The zero-order valence-corrected chi connectivity index (χ0v) is 14.7. The lowest BCUT2D eigenvalue weighted by Crippen LogP contribution is -2.35. The van der Waals surface area contributed by atoms with Gasteiger partial charge in [-0.3, -0.25) is 4.79 Å². The molecule has 0 aromatic carbocycles. The molecule has 0 aromatic rings. The number of ether oxygens (including phenoxy) is 1. The number of nitrogens with zero attached hydrogens (tertiary/aromatic N) is 1. The van der Waals surface area contributed by atoms with Crippen LogP contribution in [-0.4, -0.2) is 30.6 Å². The summed E-state index contributed by atoms with van der Waals surface area (Å²) in [5.41, 5.74) is 0. The molecule has 3 heteroatoms. The Balaban J connectivity index is 4.55. The van der Waals surface area contributed by atoms with Gasteiger partial charge in [0.2, 0.25) is 5.91 Å². The maximum Gasteiger partial charge on any atom is 0.229 e. The molecule has 0 aromatic heterocycles. The fourth-order valence-corrected chi connectivity index (χ4v) is 2.54. The van der Waals surface area contributed by atoms with Crippen LogP contribution in [0.25, 0.3) is 0 Å². The van der Waals surface area contributed by atoms with Crippen molar-refractivity contribution in [3.63, 3.8) is 0 Å². The Labute approximate surface area is 131 Å². The number of methoxy groups -OCH3 is 1. The average Bonchev–Trinajstić information content (AvgIpc) is 2.51. The number of unbranched alkanes of at least 4 members (excludes halogenated alkanes) is 1. The molecule has 0 N–H and O–H groups in total. The maximum absolute atomic E-state index is 12.5. The first-order chi connectivity index (χ1) is 10.0. The highest BCUT2D eigenvalue weighted by molar-refractivity contribution is 5.77. The Bertz CT molecular complexity index is 291. The first kappa shape index (κ1) is 20.2. The van der Waals surface area contributed by atoms with Crippen LogP contribution < -0.4 is 0 Å². The molecule has 0 bridgehead atoms. The third-order valence-electron chi connectivity index (χ3n) is 4.50. The van der Waals surface area contributed by atoms with Crippen LogP contribution in [0.4, 0.5) is 0 Å². The summed E-state index contributed by atoms with van der Waals surface area (Å²) in [6.45, 7) is 13.3. The predicted octanol–water partition coefficient (Wildman–Crippen LogP) is 4.63. The van der Waals surface area contributed by atoms with Crippen LogP contribution in [0.1, 0.15) is 66.2 Å². The number of carbonyl (C=O) groups excluding carboxylic acids is 1. The second-order valence-corrected chi connectivity index (χ2v) is 6.01. The van der Waals surface area contributed by atoms with Crippen molar-refractivity contribution in [1.29, 1.82) is 0 Å². The van der Waals surface area contributed by atoms with Crippen molar-refractivity contribution < 1.29 is 9.53 Å². The van der Waals surface area contributed by atoms with Gasteiger partial charge in [-0.2, -0.15) is 0 Å². The van der Waals surface area contributed by atoms with Crippen LogP contribution in [0.5, 0.6) is 0 Å². The summed E-state index contributed by atoms with van der Waals surface area (Å²) in [6, 6.07) is 0. The molecule has 0 spiro atoms. The zero-order valence-electron chi connectivity index (χ0n) is 14.7. The SMILES string of the molecule is C=CN(CC(CC)CCCC)C(=O)C[C@@H](OC)C(C)CC. The highest BCUT2D eigenvalue weighted by Crippen LogP contribution is 2.18. The topological polar surface area (TPSA) is 29.5 Å². The Morgan fingerprint density at radius 3 is 2.38 bits per heavy atom. The molecule has 0 aliphatic heterocycles. The molecule has 0 fully saturated rings. The van der Waals surface area contributed by atoms with E-state index < -0.39 is 0 Å². The van der Waals surface area contributed by atoms with E-state index in [-0.39, 0.29) is 12.0 Å². The summed E-state index contributed by atoms with van der Waals surface area (Å²) in [5.74, 6) is 1.09. The Kier molecular flexibility index (Phi) is 11.3. The van der Waals surface area contributed by atoms with E-state index in [0.29, 0.717) is 18.3 Å². The van der Waals surface area contributed by atoms with Gasteiger partial charge in [0.05, 0.1) is 12.5 Å². The Morgan fingerprint density at radius 2 is 1.95 bits per heavy atom. The van der Waals surface area contributed by atoms with Gasteiger partial charge in [0.15, 0.2) is 0 Å². The predicted molar refractivity (Wildman–Crippen MR) is 90.1 cm³/mol. The normalized spacial score (nSPS) is 15.3. The quantitative estimate of drug-likeness (QED) is 0.526. The van der Waals surface area contributed by atoms with E-state index in [1.165, 1.54) is 19.3 Å². The molecule has 3 atom stereocenters. The van der Waals surface area contributed by atoms with Gasteiger partial charge in [-0.15, -0.1) is 0 Å². The largest absolute Gasteiger partial charge is 0.381 e. The maximum atomic E-state index is 12.5. The van der Waals surface area contributed by atoms with Gasteiger partial charge in [-0.1, -0.05) is 60.0 Å². The molecule has 0 heterocycles. The van der Waals surface area contributed by atoms with E-state index in [1.54, 1.807) is 18.2 Å². The Morgan fingerprint density at radius 1 is 1.29 bits per heavy atom. The van der Waals surface area contributed by atoms with Crippen LogP contribution in [0.2, 0.25) is 0 Å². The second-order valence-electron chi connectivity index (χ2n) is 6.01. The highest BCUT2D eigenvalue weighted by Gasteiger charge is 2.23. The zero-order chi connectivity index (χ0) is 16.3. The van der Waals surface area contributed by atoms with Crippen molar-refractivity contribution in [3.8, 4) is 0 Å².